The van der Waals surface area contributed by atoms with Gasteiger partial charge in [0.2, 0.25) is 10.0 Å². The van der Waals surface area contributed by atoms with Crippen molar-refractivity contribution in [3.05, 3.63) is 28.7 Å². The Labute approximate surface area is 118 Å². The van der Waals surface area contributed by atoms with Gasteiger partial charge in [-0.3, -0.25) is 4.79 Å². The summed E-state index contributed by atoms with van der Waals surface area (Å²) in [6.07, 6.45) is -1.06. The van der Waals surface area contributed by atoms with Crippen LogP contribution in [0.5, 0.6) is 0 Å². The molecule has 1 fully saturated rings. The molecule has 2 atom stereocenters. The van der Waals surface area contributed by atoms with Crippen molar-refractivity contribution in [2.45, 2.75) is 23.5 Å². The van der Waals surface area contributed by atoms with Crippen LogP contribution in [0.15, 0.2) is 33.6 Å². The fourth-order valence-corrected chi connectivity index (χ4v) is 4.65. The van der Waals surface area contributed by atoms with Gasteiger partial charge in [-0.15, -0.1) is 0 Å². The molecule has 1 aromatic rings. The van der Waals surface area contributed by atoms with Crippen LogP contribution in [0.4, 0.5) is 0 Å². The minimum atomic E-state index is -3.95. The third-order valence-electron chi connectivity index (χ3n) is 2.94. The van der Waals surface area contributed by atoms with Gasteiger partial charge in [0.25, 0.3) is 0 Å². The highest BCUT2D eigenvalue weighted by molar-refractivity contribution is 9.10. The Kier molecular flexibility index (Phi) is 3.95. The van der Waals surface area contributed by atoms with Crippen molar-refractivity contribution < 1.29 is 23.4 Å². The smallest absolute Gasteiger partial charge is 0.322 e. The van der Waals surface area contributed by atoms with E-state index in [0.717, 1.165) is 4.31 Å². The number of hydrogen-bond donors (Lipinski definition) is 2. The number of hydrogen-bond acceptors (Lipinski definition) is 4. The SMILES string of the molecule is O=C(O)[C@@H]1C[C@@H](O)CN1S(=O)(=O)c1ccccc1Br. The first-order valence-corrected chi connectivity index (χ1v) is 7.74. The molecule has 0 unspecified atom stereocenters. The van der Waals surface area contributed by atoms with Gasteiger partial charge in [0, 0.05) is 17.4 Å². The molecule has 1 aromatic carbocycles. The van der Waals surface area contributed by atoms with E-state index >= 15 is 0 Å². The lowest BCUT2D eigenvalue weighted by atomic mass is 10.2. The molecule has 2 rings (SSSR count). The first kappa shape index (κ1) is 14.4. The normalized spacial score (nSPS) is 24.5. The van der Waals surface area contributed by atoms with E-state index in [2.05, 4.69) is 15.9 Å². The second kappa shape index (κ2) is 5.20. The zero-order chi connectivity index (χ0) is 14.2. The molecule has 0 radical (unpaired) electrons. The van der Waals surface area contributed by atoms with Crippen molar-refractivity contribution in [2.24, 2.45) is 0 Å². The summed E-state index contributed by atoms with van der Waals surface area (Å²) < 4.78 is 26.1. The molecule has 0 bridgehead atoms. The Morgan fingerprint density at radius 2 is 2.00 bits per heavy atom. The third kappa shape index (κ3) is 2.66. The quantitative estimate of drug-likeness (QED) is 0.835. The highest BCUT2D eigenvalue weighted by Crippen LogP contribution is 2.30. The van der Waals surface area contributed by atoms with Gasteiger partial charge < -0.3 is 10.2 Å². The standard InChI is InChI=1S/C11H12BrNO5S/c12-8-3-1-2-4-10(8)19(17,18)13-6-7(14)5-9(13)11(15)16/h1-4,7,9,14H,5-6H2,(H,15,16)/t7-,9+/m1/s1. The Morgan fingerprint density at radius 3 is 2.58 bits per heavy atom. The number of β-amino-alcohol motifs (C(OH)–C–C–N with tert-alkyl or cyclic N) is 1. The van der Waals surface area contributed by atoms with Crippen LogP contribution in [0.2, 0.25) is 0 Å². The maximum absolute atomic E-state index is 12.4. The summed E-state index contributed by atoms with van der Waals surface area (Å²) >= 11 is 3.14. The molecule has 1 saturated heterocycles. The van der Waals surface area contributed by atoms with Crippen LogP contribution < -0.4 is 0 Å². The zero-order valence-corrected chi connectivity index (χ0v) is 12.1. The minimum absolute atomic E-state index is 0.00431. The lowest BCUT2D eigenvalue weighted by Gasteiger charge is -2.21. The van der Waals surface area contributed by atoms with E-state index in [1.54, 1.807) is 18.2 Å². The van der Waals surface area contributed by atoms with Crippen molar-refractivity contribution in [1.29, 1.82) is 0 Å². The van der Waals surface area contributed by atoms with Crippen LogP contribution in [-0.4, -0.2) is 47.6 Å². The van der Waals surface area contributed by atoms with Gasteiger partial charge in [-0.2, -0.15) is 4.31 Å². The van der Waals surface area contributed by atoms with Crippen LogP contribution in [0, 0.1) is 0 Å². The summed E-state index contributed by atoms with van der Waals surface area (Å²) in [4.78, 5) is 11.1. The Balaban J connectivity index is 2.45. The molecule has 1 heterocycles. The van der Waals surface area contributed by atoms with Gasteiger partial charge in [0.15, 0.2) is 0 Å². The molecule has 0 aliphatic carbocycles. The van der Waals surface area contributed by atoms with Gasteiger partial charge in [0.05, 0.1) is 11.0 Å². The van der Waals surface area contributed by atoms with Crippen LogP contribution >= 0.6 is 15.9 Å². The number of halogens is 1. The second-order valence-electron chi connectivity index (χ2n) is 4.25. The van der Waals surface area contributed by atoms with E-state index in [4.69, 9.17) is 5.11 Å². The molecule has 0 amide bonds. The van der Waals surface area contributed by atoms with E-state index in [-0.39, 0.29) is 17.9 Å². The van der Waals surface area contributed by atoms with Gasteiger partial charge in [-0.05, 0) is 28.1 Å². The van der Waals surface area contributed by atoms with Gasteiger partial charge in [-0.25, -0.2) is 8.42 Å². The second-order valence-corrected chi connectivity index (χ2v) is 6.96. The monoisotopic (exact) mass is 349 g/mol. The Hall–Kier alpha value is -0.960. The summed E-state index contributed by atoms with van der Waals surface area (Å²) in [6, 6.07) is 4.95. The number of aliphatic hydroxyl groups excluding tert-OH is 1. The predicted octanol–water partition coefficient (Wildman–Crippen LogP) is 0.658. The number of rotatable bonds is 3. The number of carbonyl (C=O) groups is 1. The Morgan fingerprint density at radius 1 is 1.37 bits per heavy atom. The number of nitrogens with zero attached hydrogens (tertiary/aromatic N) is 1. The van der Waals surface area contributed by atoms with Crippen molar-refractivity contribution >= 4 is 31.9 Å². The van der Waals surface area contributed by atoms with E-state index in [1.165, 1.54) is 6.07 Å². The first-order valence-electron chi connectivity index (χ1n) is 5.51. The van der Waals surface area contributed by atoms with Crippen molar-refractivity contribution in [2.75, 3.05) is 6.54 Å². The van der Waals surface area contributed by atoms with Crippen molar-refractivity contribution in [1.82, 2.24) is 4.31 Å². The number of benzene rings is 1. The summed E-state index contributed by atoms with van der Waals surface area (Å²) in [6.45, 7) is -0.208. The van der Waals surface area contributed by atoms with E-state index in [0.29, 0.717) is 4.47 Å². The number of aliphatic hydroxyl groups is 1. The molecule has 1 aliphatic heterocycles. The van der Waals surface area contributed by atoms with Crippen molar-refractivity contribution in [3.8, 4) is 0 Å². The van der Waals surface area contributed by atoms with Crippen LogP contribution in [-0.2, 0) is 14.8 Å². The van der Waals surface area contributed by atoms with E-state index < -0.39 is 28.1 Å². The van der Waals surface area contributed by atoms with E-state index in [9.17, 15) is 18.3 Å². The van der Waals surface area contributed by atoms with Crippen LogP contribution in [0.3, 0.4) is 0 Å². The average molecular weight is 350 g/mol. The van der Waals surface area contributed by atoms with Gasteiger partial charge >= 0.3 is 5.97 Å². The van der Waals surface area contributed by atoms with Crippen LogP contribution in [0.1, 0.15) is 6.42 Å². The maximum Gasteiger partial charge on any atom is 0.322 e. The highest BCUT2D eigenvalue weighted by atomic mass is 79.9. The lowest BCUT2D eigenvalue weighted by molar-refractivity contribution is -0.140. The Bertz CT molecular complexity index is 603. The molecule has 19 heavy (non-hydrogen) atoms. The van der Waals surface area contributed by atoms with Gasteiger partial charge in [0.1, 0.15) is 6.04 Å². The highest BCUT2D eigenvalue weighted by Gasteiger charge is 2.43. The topological polar surface area (TPSA) is 94.9 Å². The van der Waals surface area contributed by atoms with E-state index in [1.807, 2.05) is 0 Å². The number of carboxylic acid groups (broad SMARTS) is 1. The maximum atomic E-state index is 12.4. The molecule has 2 N–H and O–H groups in total. The van der Waals surface area contributed by atoms with Crippen LogP contribution in [0.25, 0.3) is 0 Å². The third-order valence-corrected chi connectivity index (χ3v) is 5.83. The zero-order valence-electron chi connectivity index (χ0n) is 9.73. The number of carboxylic acids is 1. The summed E-state index contributed by atoms with van der Waals surface area (Å²) in [7, 11) is -3.95. The van der Waals surface area contributed by atoms with Gasteiger partial charge in [-0.1, -0.05) is 12.1 Å². The number of aliphatic carboxylic acids is 1. The molecule has 1 aliphatic rings. The molecule has 0 saturated carbocycles. The fraction of sp³-hybridized carbons (Fsp3) is 0.364. The minimum Gasteiger partial charge on any atom is -0.480 e. The number of sulfonamides is 1. The molecular weight excluding hydrogens is 338 g/mol. The summed E-state index contributed by atoms with van der Waals surface area (Å²) in [5.41, 5.74) is 0. The fourth-order valence-electron chi connectivity index (χ4n) is 2.05. The molecule has 8 heteroatoms. The summed E-state index contributed by atoms with van der Waals surface area (Å²) in [5, 5.41) is 18.6. The molecule has 6 nitrogen and oxygen atoms in total. The molecular formula is C11H12BrNO5S. The predicted molar refractivity (Wildman–Crippen MR) is 70.1 cm³/mol. The largest absolute Gasteiger partial charge is 0.480 e. The molecule has 0 spiro atoms. The first-order chi connectivity index (χ1) is 8.84. The molecule has 104 valence electrons. The lowest BCUT2D eigenvalue weighted by Crippen LogP contribution is -2.40. The average Bonchev–Trinajstić information content (AvgIpc) is 2.72. The summed E-state index contributed by atoms with van der Waals surface area (Å²) in [5.74, 6) is -1.26. The van der Waals surface area contributed by atoms with Crippen molar-refractivity contribution in [3.63, 3.8) is 0 Å². The molecule has 0 aromatic heterocycles.